The maximum absolute atomic E-state index is 12.4. The summed E-state index contributed by atoms with van der Waals surface area (Å²) in [6.45, 7) is 0. The van der Waals surface area contributed by atoms with Crippen LogP contribution in [0, 0.1) is 0 Å². The van der Waals surface area contributed by atoms with E-state index in [1.165, 1.54) is 0 Å². The van der Waals surface area contributed by atoms with E-state index in [9.17, 15) is 4.79 Å². The number of rotatable bonds is 3. The van der Waals surface area contributed by atoms with Crippen LogP contribution in [-0.4, -0.2) is 27.4 Å². The zero-order valence-corrected chi connectivity index (χ0v) is 12.1. The Morgan fingerprint density at radius 1 is 1.29 bits per heavy atom. The molecule has 6 nitrogen and oxygen atoms in total. The molecule has 3 aromatic rings. The molecule has 0 atom stereocenters. The van der Waals surface area contributed by atoms with Gasteiger partial charge in [0.25, 0.3) is 5.91 Å². The van der Waals surface area contributed by atoms with Crippen molar-refractivity contribution in [3.05, 3.63) is 42.2 Å². The van der Waals surface area contributed by atoms with Crippen LogP contribution in [0.2, 0.25) is 0 Å². The van der Waals surface area contributed by atoms with Gasteiger partial charge in [0.2, 0.25) is 0 Å². The van der Waals surface area contributed by atoms with Gasteiger partial charge in [-0.3, -0.25) is 9.48 Å². The molecule has 1 N–H and O–H groups in total. The van der Waals surface area contributed by atoms with E-state index < -0.39 is 0 Å². The van der Waals surface area contributed by atoms with Gasteiger partial charge >= 0.3 is 0 Å². The highest BCUT2D eigenvalue weighted by atomic mass is 16.5. The first-order chi connectivity index (χ1) is 10.1. The van der Waals surface area contributed by atoms with Gasteiger partial charge in [0.1, 0.15) is 5.75 Å². The fraction of sp³-hybridized carbons (Fsp3) is 0.200. The van der Waals surface area contributed by atoms with E-state index in [2.05, 4.69) is 10.4 Å². The Morgan fingerprint density at radius 3 is 2.76 bits per heavy atom. The van der Waals surface area contributed by atoms with Crippen LogP contribution in [0.4, 0.5) is 5.82 Å². The van der Waals surface area contributed by atoms with E-state index in [0.29, 0.717) is 11.4 Å². The zero-order chi connectivity index (χ0) is 15.0. The summed E-state index contributed by atoms with van der Waals surface area (Å²) in [5.74, 6) is 1.07. The van der Waals surface area contributed by atoms with Gasteiger partial charge in [0.05, 0.1) is 12.7 Å². The van der Waals surface area contributed by atoms with Crippen LogP contribution in [0.25, 0.3) is 10.9 Å². The summed E-state index contributed by atoms with van der Waals surface area (Å²) in [6.07, 6.45) is 3.59. The van der Waals surface area contributed by atoms with Crippen molar-refractivity contribution in [3.8, 4) is 5.75 Å². The fourth-order valence-electron chi connectivity index (χ4n) is 2.34. The molecule has 0 fully saturated rings. The second-order valence-electron chi connectivity index (χ2n) is 4.87. The van der Waals surface area contributed by atoms with Crippen LogP contribution < -0.4 is 10.1 Å². The monoisotopic (exact) mass is 284 g/mol. The van der Waals surface area contributed by atoms with Crippen molar-refractivity contribution in [1.29, 1.82) is 0 Å². The molecule has 0 saturated carbocycles. The van der Waals surface area contributed by atoms with Gasteiger partial charge < -0.3 is 14.6 Å². The average Bonchev–Trinajstić information content (AvgIpc) is 3.02. The number of nitrogens with zero attached hydrogens (tertiary/aromatic N) is 3. The molecule has 3 rings (SSSR count). The van der Waals surface area contributed by atoms with Crippen LogP contribution in [0.15, 0.2) is 36.7 Å². The number of nitrogens with one attached hydrogen (secondary N) is 1. The van der Waals surface area contributed by atoms with Crippen LogP contribution in [0.3, 0.4) is 0 Å². The van der Waals surface area contributed by atoms with Crippen molar-refractivity contribution in [3.63, 3.8) is 0 Å². The molecule has 0 aliphatic carbocycles. The number of amides is 1. The number of methoxy groups -OCH3 is 1. The lowest BCUT2D eigenvalue weighted by Gasteiger charge is -2.02. The van der Waals surface area contributed by atoms with Crippen molar-refractivity contribution in [2.24, 2.45) is 14.1 Å². The summed E-state index contributed by atoms with van der Waals surface area (Å²) >= 11 is 0. The first kappa shape index (κ1) is 13.2. The SMILES string of the molecule is COc1ccc2c(c1)c(C(=O)Nc1ccn(C)n1)cn2C. The Bertz CT molecular complexity index is 816. The minimum absolute atomic E-state index is 0.187. The van der Waals surface area contributed by atoms with E-state index in [1.807, 2.05) is 36.0 Å². The molecule has 0 unspecified atom stereocenters. The van der Waals surface area contributed by atoms with Crippen LogP contribution in [-0.2, 0) is 14.1 Å². The van der Waals surface area contributed by atoms with E-state index in [1.54, 1.807) is 31.1 Å². The topological polar surface area (TPSA) is 61.1 Å². The lowest BCUT2D eigenvalue weighted by atomic mass is 10.1. The zero-order valence-electron chi connectivity index (χ0n) is 12.1. The molecule has 0 aliphatic rings. The molecule has 0 aliphatic heterocycles. The second-order valence-corrected chi connectivity index (χ2v) is 4.87. The molecule has 1 amide bonds. The van der Waals surface area contributed by atoms with Crippen molar-refractivity contribution < 1.29 is 9.53 Å². The van der Waals surface area contributed by atoms with Crippen LogP contribution >= 0.6 is 0 Å². The Balaban J connectivity index is 2.00. The summed E-state index contributed by atoms with van der Waals surface area (Å²) in [4.78, 5) is 12.4. The highest BCUT2D eigenvalue weighted by Crippen LogP contribution is 2.26. The van der Waals surface area contributed by atoms with E-state index in [0.717, 1.165) is 16.7 Å². The summed E-state index contributed by atoms with van der Waals surface area (Å²) in [5, 5.41) is 7.80. The fourth-order valence-corrected chi connectivity index (χ4v) is 2.34. The Labute approximate surface area is 121 Å². The summed E-state index contributed by atoms with van der Waals surface area (Å²) in [5.41, 5.74) is 1.57. The third-order valence-corrected chi connectivity index (χ3v) is 3.40. The Kier molecular flexibility index (Phi) is 3.13. The quantitative estimate of drug-likeness (QED) is 0.802. The standard InChI is InChI=1S/C15H16N4O2/c1-18-9-12(11-8-10(21-3)4-5-13(11)18)15(20)16-14-6-7-19(2)17-14/h4-9H,1-3H3,(H,16,17,20). The van der Waals surface area contributed by atoms with Crippen molar-refractivity contribution in [1.82, 2.24) is 14.3 Å². The number of anilines is 1. The number of ether oxygens (including phenoxy) is 1. The molecule has 6 heteroatoms. The first-order valence-electron chi connectivity index (χ1n) is 6.52. The molecule has 2 aromatic heterocycles. The molecule has 2 heterocycles. The summed E-state index contributed by atoms with van der Waals surface area (Å²) in [6, 6.07) is 7.43. The van der Waals surface area contributed by atoms with E-state index in [4.69, 9.17) is 4.74 Å². The predicted octanol–water partition coefficient (Wildman–Crippen LogP) is 2.17. The van der Waals surface area contributed by atoms with Gasteiger partial charge in [-0.2, -0.15) is 5.10 Å². The van der Waals surface area contributed by atoms with Gasteiger partial charge in [0, 0.05) is 43.5 Å². The number of hydrogen-bond donors (Lipinski definition) is 1. The number of carbonyl (C=O) groups excluding carboxylic acids is 1. The van der Waals surface area contributed by atoms with Crippen LogP contribution in [0.5, 0.6) is 5.75 Å². The molecule has 0 spiro atoms. The van der Waals surface area contributed by atoms with Gasteiger partial charge in [-0.1, -0.05) is 0 Å². The van der Waals surface area contributed by atoms with E-state index >= 15 is 0 Å². The Morgan fingerprint density at radius 2 is 2.10 bits per heavy atom. The van der Waals surface area contributed by atoms with Crippen molar-refractivity contribution >= 4 is 22.6 Å². The van der Waals surface area contributed by atoms with Crippen LogP contribution in [0.1, 0.15) is 10.4 Å². The normalized spacial score (nSPS) is 10.8. The van der Waals surface area contributed by atoms with Gasteiger partial charge in [-0.05, 0) is 18.2 Å². The van der Waals surface area contributed by atoms with Gasteiger partial charge in [-0.15, -0.1) is 0 Å². The third-order valence-electron chi connectivity index (χ3n) is 3.40. The second kappa shape index (κ2) is 4.97. The number of carbonyl (C=O) groups is 1. The number of aryl methyl sites for hydroxylation is 2. The highest BCUT2D eigenvalue weighted by Gasteiger charge is 2.15. The number of benzene rings is 1. The molecule has 0 saturated heterocycles. The lowest BCUT2D eigenvalue weighted by molar-refractivity contribution is 0.102. The first-order valence-corrected chi connectivity index (χ1v) is 6.52. The lowest BCUT2D eigenvalue weighted by Crippen LogP contribution is -2.12. The molecule has 0 bridgehead atoms. The summed E-state index contributed by atoms with van der Waals surface area (Å²) in [7, 11) is 5.32. The Hall–Kier alpha value is -2.76. The van der Waals surface area contributed by atoms with Crippen molar-refractivity contribution in [2.45, 2.75) is 0 Å². The van der Waals surface area contributed by atoms with Gasteiger partial charge in [-0.25, -0.2) is 0 Å². The molecule has 0 radical (unpaired) electrons. The molecular formula is C15H16N4O2. The maximum atomic E-state index is 12.4. The number of fused-ring (bicyclic) bond motifs is 1. The number of aromatic nitrogens is 3. The third kappa shape index (κ3) is 2.35. The van der Waals surface area contributed by atoms with E-state index in [-0.39, 0.29) is 5.91 Å². The minimum Gasteiger partial charge on any atom is -0.497 e. The molecule has 108 valence electrons. The minimum atomic E-state index is -0.187. The number of hydrogen-bond acceptors (Lipinski definition) is 3. The summed E-state index contributed by atoms with van der Waals surface area (Å²) < 4.78 is 8.79. The highest BCUT2D eigenvalue weighted by molar-refractivity contribution is 6.12. The predicted molar refractivity (Wildman–Crippen MR) is 80.6 cm³/mol. The molecule has 1 aromatic carbocycles. The molecular weight excluding hydrogens is 268 g/mol. The average molecular weight is 284 g/mol. The smallest absolute Gasteiger partial charge is 0.259 e. The largest absolute Gasteiger partial charge is 0.497 e. The van der Waals surface area contributed by atoms with Gasteiger partial charge in [0.15, 0.2) is 5.82 Å². The van der Waals surface area contributed by atoms with Crippen molar-refractivity contribution in [2.75, 3.05) is 12.4 Å². The molecule has 21 heavy (non-hydrogen) atoms. The maximum Gasteiger partial charge on any atom is 0.259 e.